The van der Waals surface area contributed by atoms with Gasteiger partial charge < -0.3 is 25.6 Å². The van der Waals surface area contributed by atoms with Gasteiger partial charge in [0.1, 0.15) is 6.04 Å². The van der Waals surface area contributed by atoms with Crippen LogP contribution in [0.5, 0.6) is 0 Å². The normalized spacial score (nSPS) is 14.6. The number of hydrogen-bond donors (Lipinski definition) is 3. The number of halogens is 1. The molecule has 9 heteroatoms. The Kier molecular flexibility index (Phi) is 8.87. The van der Waals surface area contributed by atoms with Gasteiger partial charge >= 0.3 is 6.03 Å². The topological polar surface area (TPSA) is 82.7 Å². The monoisotopic (exact) mass is 462 g/mol. The Balaban J connectivity index is 1.58. The molecule has 2 aromatic rings. The molecule has 0 spiro atoms. The van der Waals surface area contributed by atoms with Crippen LogP contribution in [-0.4, -0.2) is 56.3 Å². The maximum absolute atomic E-state index is 12.8. The second-order valence-corrected chi connectivity index (χ2v) is 8.50. The molecule has 2 aromatic carbocycles. The Labute approximate surface area is 191 Å². The van der Waals surface area contributed by atoms with Crippen LogP contribution in [0.2, 0.25) is 5.02 Å². The lowest BCUT2D eigenvalue weighted by Gasteiger charge is -2.29. The van der Waals surface area contributed by atoms with Gasteiger partial charge in [-0.25, -0.2) is 4.79 Å². The molecule has 0 aromatic heterocycles. The van der Waals surface area contributed by atoms with Gasteiger partial charge in [0.05, 0.1) is 13.2 Å². The molecule has 7 nitrogen and oxygen atoms in total. The van der Waals surface area contributed by atoms with Gasteiger partial charge in [-0.05, 0) is 67.0 Å². The fourth-order valence-electron chi connectivity index (χ4n) is 3.17. The molecular formula is C22H27ClN4O3S. The van der Waals surface area contributed by atoms with Crippen molar-refractivity contribution in [3.8, 4) is 0 Å². The number of morpholine rings is 1. The van der Waals surface area contributed by atoms with Crippen LogP contribution >= 0.6 is 23.4 Å². The number of carbonyl (C=O) groups excluding carboxylic acids is 2. The highest BCUT2D eigenvalue weighted by Crippen LogP contribution is 2.19. The number of benzene rings is 2. The number of thioether (sulfide) groups is 1. The quantitative estimate of drug-likeness (QED) is 0.551. The highest BCUT2D eigenvalue weighted by atomic mass is 35.5. The van der Waals surface area contributed by atoms with Crippen LogP contribution in [-0.2, 0) is 9.53 Å². The van der Waals surface area contributed by atoms with Crippen molar-refractivity contribution in [3.63, 3.8) is 0 Å². The molecule has 0 bridgehead atoms. The predicted molar refractivity (Wildman–Crippen MR) is 128 cm³/mol. The minimum Gasteiger partial charge on any atom is -0.378 e. The van der Waals surface area contributed by atoms with Gasteiger partial charge in [-0.2, -0.15) is 11.8 Å². The molecule has 0 saturated carbocycles. The first-order valence-corrected chi connectivity index (χ1v) is 11.9. The van der Waals surface area contributed by atoms with Crippen molar-refractivity contribution in [2.24, 2.45) is 0 Å². The average Bonchev–Trinajstić information content (AvgIpc) is 2.79. The summed E-state index contributed by atoms with van der Waals surface area (Å²) < 4.78 is 5.38. The molecule has 3 amide bonds. The van der Waals surface area contributed by atoms with Crippen LogP contribution in [0.25, 0.3) is 0 Å². The number of hydrogen-bond acceptors (Lipinski definition) is 5. The summed E-state index contributed by atoms with van der Waals surface area (Å²) in [7, 11) is 0. The number of ether oxygens (including phenoxy) is 1. The Morgan fingerprint density at radius 3 is 2.29 bits per heavy atom. The Bertz CT molecular complexity index is 858. The fourth-order valence-corrected chi connectivity index (χ4v) is 3.77. The number of carbonyl (C=O) groups is 2. The summed E-state index contributed by atoms with van der Waals surface area (Å²) in [5, 5.41) is 8.99. The Morgan fingerprint density at radius 2 is 1.65 bits per heavy atom. The summed E-state index contributed by atoms with van der Waals surface area (Å²) in [5.74, 6) is 0.495. The third kappa shape index (κ3) is 7.34. The molecule has 166 valence electrons. The van der Waals surface area contributed by atoms with Crippen LogP contribution in [0, 0.1) is 0 Å². The summed E-state index contributed by atoms with van der Waals surface area (Å²) in [4.78, 5) is 27.5. The zero-order valence-electron chi connectivity index (χ0n) is 17.4. The fraction of sp³-hybridized carbons (Fsp3) is 0.364. The van der Waals surface area contributed by atoms with Crippen molar-refractivity contribution in [2.45, 2.75) is 12.5 Å². The lowest BCUT2D eigenvalue weighted by molar-refractivity contribution is -0.117. The zero-order valence-corrected chi connectivity index (χ0v) is 19.0. The largest absolute Gasteiger partial charge is 0.378 e. The van der Waals surface area contributed by atoms with Crippen LogP contribution in [0.15, 0.2) is 48.5 Å². The van der Waals surface area contributed by atoms with Gasteiger partial charge in [-0.3, -0.25) is 4.79 Å². The lowest BCUT2D eigenvalue weighted by Crippen LogP contribution is -2.46. The predicted octanol–water partition coefficient (Wildman–Crippen LogP) is 4.06. The number of anilines is 3. The molecule has 1 unspecified atom stereocenters. The van der Waals surface area contributed by atoms with Gasteiger partial charge in [-0.15, -0.1) is 0 Å². The van der Waals surface area contributed by atoms with Gasteiger partial charge in [0.25, 0.3) is 0 Å². The van der Waals surface area contributed by atoms with E-state index < -0.39 is 12.1 Å². The van der Waals surface area contributed by atoms with E-state index in [-0.39, 0.29) is 5.91 Å². The Hall–Kier alpha value is -2.42. The van der Waals surface area contributed by atoms with Gasteiger partial charge in [0.2, 0.25) is 5.91 Å². The van der Waals surface area contributed by atoms with Gasteiger partial charge in [0, 0.05) is 35.2 Å². The molecule has 1 aliphatic rings. The standard InChI is InChI=1S/C22H27ClN4O3S/c1-31-15-10-20(26-22(29)25-18-4-2-16(23)3-5-18)21(28)24-17-6-8-19(9-7-17)27-11-13-30-14-12-27/h2-9,20H,10-15H2,1H3,(H,24,28)(H2,25,26,29). The maximum atomic E-state index is 12.8. The van der Waals surface area contributed by atoms with Crippen LogP contribution in [0.3, 0.4) is 0 Å². The Morgan fingerprint density at radius 1 is 1.03 bits per heavy atom. The van der Waals surface area contributed by atoms with Crippen LogP contribution in [0.1, 0.15) is 6.42 Å². The van der Waals surface area contributed by atoms with Crippen molar-refractivity contribution in [1.82, 2.24) is 5.32 Å². The zero-order chi connectivity index (χ0) is 22.1. The second-order valence-electron chi connectivity index (χ2n) is 7.07. The van der Waals surface area contributed by atoms with E-state index in [9.17, 15) is 9.59 Å². The maximum Gasteiger partial charge on any atom is 0.319 e. The van der Waals surface area contributed by atoms with E-state index in [2.05, 4.69) is 20.9 Å². The van der Waals surface area contributed by atoms with E-state index in [0.717, 1.165) is 37.7 Å². The van der Waals surface area contributed by atoms with Gasteiger partial charge in [0.15, 0.2) is 0 Å². The van der Waals surface area contributed by atoms with Gasteiger partial charge in [-0.1, -0.05) is 11.6 Å². The third-order valence-corrected chi connectivity index (χ3v) is 5.74. The minimum absolute atomic E-state index is 0.251. The SMILES string of the molecule is CSCCC(NC(=O)Nc1ccc(Cl)cc1)C(=O)Nc1ccc(N2CCOCC2)cc1. The number of rotatable bonds is 8. The first-order valence-electron chi connectivity index (χ1n) is 10.1. The lowest BCUT2D eigenvalue weighted by atomic mass is 10.2. The van der Waals surface area contributed by atoms with Crippen molar-refractivity contribution < 1.29 is 14.3 Å². The third-order valence-electron chi connectivity index (χ3n) is 4.85. The first kappa shape index (κ1) is 23.2. The summed E-state index contributed by atoms with van der Waals surface area (Å²) in [6, 6.07) is 13.4. The molecule has 1 fully saturated rings. The van der Waals surface area contributed by atoms with E-state index in [0.29, 0.717) is 22.8 Å². The van der Waals surface area contributed by atoms with E-state index in [1.807, 2.05) is 30.5 Å². The number of urea groups is 1. The molecule has 0 aliphatic carbocycles. The summed E-state index contributed by atoms with van der Waals surface area (Å²) in [6.07, 6.45) is 2.49. The summed E-state index contributed by atoms with van der Waals surface area (Å²) in [5.41, 5.74) is 2.39. The van der Waals surface area contributed by atoms with Crippen molar-refractivity contribution >= 4 is 52.4 Å². The van der Waals surface area contributed by atoms with Crippen molar-refractivity contribution in [2.75, 3.05) is 53.8 Å². The van der Waals surface area contributed by atoms with E-state index in [4.69, 9.17) is 16.3 Å². The highest BCUT2D eigenvalue weighted by molar-refractivity contribution is 7.98. The van der Waals surface area contributed by atoms with E-state index >= 15 is 0 Å². The minimum atomic E-state index is -0.654. The van der Waals surface area contributed by atoms with Crippen molar-refractivity contribution in [3.05, 3.63) is 53.6 Å². The molecule has 1 atom stereocenters. The number of nitrogens with one attached hydrogen (secondary N) is 3. The summed E-state index contributed by atoms with van der Waals surface area (Å²) >= 11 is 7.49. The molecule has 3 N–H and O–H groups in total. The summed E-state index contributed by atoms with van der Waals surface area (Å²) in [6.45, 7) is 3.16. The molecule has 3 rings (SSSR count). The first-order chi connectivity index (χ1) is 15.0. The molecule has 1 heterocycles. The molecular weight excluding hydrogens is 436 g/mol. The van der Waals surface area contributed by atoms with Crippen LogP contribution in [0.4, 0.5) is 21.9 Å². The van der Waals surface area contributed by atoms with Crippen LogP contribution < -0.4 is 20.9 Å². The number of amides is 3. The molecule has 1 saturated heterocycles. The molecule has 1 aliphatic heterocycles. The average molecular weight is 463 g/mol. The van der Waals surface area contributed by atoms with Crippen molar-refractivity contribution in [1.29, 1.82) is 0 Å². The second kappa shape index (κ2) is 11.8. The van der Waals surface area contributed by atoms with E-state index in [1.165, 1.54) is 0 Å². The molecule has 31 heavy (non-hydrogen) atoms. The smallest absolute Gasteiger partial charge is 0.319 e. The highest BCUT2D eigenvalue weighted by Gasteiger charge is 2.21. The molecule has 0 radical (unpaired) electrons. The van der Waals surface area contributed by atoms with E-state index in [1.54, 1.807) is 36.0 Å². The number of nitrogens with zero attached hydrogens (tertiary/aromatic N) is 1.